The number of rotatable bonds is 4. The second-order valence-electron chi connectivity index (χ2n) is 5.47. The van der Waals surface area contributed by atoms with Gasteiger partial charge in [0.05, 0.1) is 6.61 Å². The van der Waals surface area contributed by atoms with Crippen molar-refractivity contribution >= 4 is 0 Å². The molecule has 0 aliphatic carbocycles. The van der Waals surface area contributed by atoms with Crippen LogP contribution in [0.3, 0.4) is 0 Å². The summed E-state index contributed by atoms with van der Waals surface area (Å²) in [5.41, 5.74) is 5.81. The molecule has 0 aromatic heterocycles. The van der Waals surface area contributed by atoms with Gasteiger partial charge in [0.2, 0.25) is 0 Å². The molecule has 1 rings (SSSR count). The Labute approximate surface area is 87.3 Å². The normalized spacial score (nSPS) is 26.4. The Morgan fingerprint density at radius 2 is 2.14 bits per heavy atom. The molecular weight excluding hydrogens is 176 g/mol. The lowest BCUT2D eigenvalue weighted by Crippen LogP contribution is -2.46. The van der Waals surface area contributed by atoms with Gasteiger partial charge in [-0.1, -0.05) is 0 Å². The molecule has 1 saturated heterocycles. The zero-order chi connectivity index (χ0) is 10.8. The molecule has 1 aliphatic rings. The summed E-state index contributed by atoms with van der Waals surface area (Å²) >= 11 is 0. The lowest BCUT2D eigenvalue weighted by atomic mass is 9.98. The standard InChI is InChI=1S/C11H24N2O/c1-10(2)5-4-7-13(10)8-6-11(3,12)9-14/h14H,4-9,12H2,1-3H3. The van der Waals surface area contributed by atoms with Crippen molar-refractivity contribution in [1.82, 2.24) is 4.90 Å². The van der Waals surface area contributed by atoms with Gasteiger partial charge in [-0.05, 0) is 46.6 Å². The van der Waals surface area contributed by atoms with Crippen molar-refractivity contribution in [3.63, 3.8) is 0 Å². The van der Waals surface area contributed by atoms with Crippen molar-refractivity contribution in [1.29, 1.82) is 0 Å². The Bertz CT molecular complexity index is 190. The fourth-order valence-corrected chi connectivity index (χ4v) is 2.05. The van der Waals surface area contributed by atoms with Crippen molar-refractivity contribution in [2.24, 2.45) is 5.73 Å². The van der Waals surface area contributed by atoms with Crippen LogP contribution >= 0.6 is 0 Å². The minimum atomic E-state index is -0.418. The van der Waals surface area contributed by atoms with Crippen LogP contribution in [0.2, 0.25) is 0 Å². The van der Waals surface area contributed by atoms with Crippen LogP contribution in [0.5, 0.6) is 0 Å². The predicted molar refractivity (Wildman–Crippen MR) is 59.2 cm³/mol. The van der Waals surface area contributed by atoms with Gasteiger partial charge in [-0.15, -0.1) is 0 Å². The molecule has 1 fully saturated rings. The predicted octanol–water partition coefficient (Wildman–Crippen LogP) is 0.961. The van der Waals surface area contributed by atoms with Gasteiger partial charge in [0.1, 0.15) is 0 Å². The first-order chi connectivity index (χ1) is 6.37. The number of nitrogens with zero attached hydrogens (tertiary/aromatic N) is 1. The highest BCUT2D eigenvalue weighted by molar-refractivity contribution is 4.89. The van der Waals surface area contributed by atoms with Gasteiger partial charge in [0.15, 0.2) is 0 Å². The fourth-order valence-electron chi connectivity index (χ4n) is 2.05. The summed E-state index contributed by atoms with van der Waals surface area (Å²) < 4.78 is 0. The smallest absolute Gasteiger partial charge is 0.0608 e. The molecule has 3 heteroatoms. The highest BCUT2D eigenvalue weighted by Crippen LogP contribution is 2.28. The van der Waals surface area contributed by atoms with Gasteiger partial charge in [0, 0.05) is 17.6 Å². The van der Waals surface area contributed by atoms with Crippen LogP contribution in [0.1, 0.15) is 40.0 Å². The number of likely N-dealkylation sites (tertiary alicyclic amines) is 1. The Morgan fingerprint density at radius 3 is 2.57 bits per heavy atom. The summed E-state index contributed by atoms with van der Waals surface area (Å²) in [4.78, 5) is 2.48. The van der Waals surface area contributed by atoms with Gasteiger partial charge in [0.25, 0.3) is 0 Å². The average Bonchev–Trinajstić information content (AvgIpc) is 2.42. The lowest BCUT2D eigenvalue weighted by Gasteiger charge is -2.34. The van der Waals surface area contributed by atoms with Crippen LogP contribution in [0, 0.1) is 0 Å². The number of hydrogen-bond acceptors (Lipinski definition) is 3. The number of aliphatic hydroxyl groups is 1. The molecule has 3 nitrogen and oxygen atoms in total. The topological polar surface area (TPSA) is 49.5 Å². The van der Waals surface area contributed by atoms with Crippen LogP contribution in [-0.2, 0) is 0 Å². The Hall–Kier alpha value is -0.120. The quantitative estimate of drug-likeness (QED) is 0.710. The largest absolute Gasteiger partial charge is 0.394 e. The Morgan fingerprint density at radius 1 is 1.50 bits per heavy atom. The molecule has 1 atom stereocenters. The molecule has 0 amide bonds. The first-order valence-electron chi connectivity index (χ1n) is 5.52. The van der Waals surface area contributed by atoms with E-state index < -0.39 is 5.54 Å². The van der Waals surface area contributed by atoms with Gasteiger partial charge < -0.3 is 10.8 Å². The monoisotopic (exact) mass is 200 g/mol. The van der Waals surface area contributed by atoms with E-state index in [-0.39, 0.29) is 6.61 Å². The van der Waals surface area contributed by atoms with Crippen molar-refractivity contribution in [2.75, 3.05) is 19.7 Å². The van der Waals surface area contributed by atoms with Crippen LogP contribution in [0.25, 0.3) is 0 Å². The van der Waals surface area contributed by atoms with Crippen LogP contribution in [-0.4, -0.2) is 40.8 Å². The van der Waals surface area contributed by atoms with Crippen LogP contribution in [0.15, 0.2) is 0 Å². The Balaban J connectivity index is 2.38. The van der Waals surface area contributed by atoms with E-state index in [1.165, 1.54) is 19.4 Å². The number of hydrogen-bond donors (Lipinski definition) is 2. The summed E-state index contributed by atoms with van der Waals surface area (Å²) in [6, 6.07) is 0. The molecule has 0 radical (unpaired) electrons. The van der Waals surface area contributed by atoms with E-state index in [4.69, 9.17) is 10.8 Å². The lowest BCUT2D eigenvalue weighted by molar-refractivity contribution is 0.137. The first-order valence-corrected chi connectivity index (χ1v) is 5.52. The molecule has 1 aliphatic heterocycles. The molecule has 1 heterocycles. The molecule has 0 spiro atoms. The van der Waals surface area contributed by atoms with Crippen molar-refractivity contribution in [2.45, 2.75) is 51.1 Å². The third kappa shape index (κ3) is 2.94. The molecule has 0 aromatic rings. The summed E-state index contributed by atoms with van der Waals surface area (Å²) in [6.45, 7) is 8.73. The second-order valence-corrected chi connectivity index (χ2v) is 5.47. The molecule has 0 bridgehead atoms. The van der Waals surface area contributed by atoms with Crippen LogP contribution in [0.4, 0.5) is 0 Å². The van der Waals surface area contributed by atoms with Crippen molar-refractivity contribution < 1.29 is 5.11 Å². The highest BCUT2D eigenvalue weighted by atomic mass is 16.3. The van der Waals surface area contributed by atoms with E-state index in [9.17, 15) is 0 Å². The molecule has 14 heavy (non-hydrogen) atoms. The van der Waals surface area contributed by atoms with E-state index in [0.717, 1.165) is 13.0 Å². The summed E-state index contributed by atoms with van der Waals surface area (Å²) in [5, 5.41) is 9.05. The molecular formula is C11H24N2O. The molecule has 3 N–H and O–H groups in total. The Kier molecular flexibility index (Phi) is 3.56. The maximum Gasteiger partial charge on any atom is 0.0608 e. The van der Waals surface area contributed by atoms with E-state index in [1.807, 2.05) is 6.92 Å². The van der Waals surface area contributed by atoms with Crippen LogP contribution < -0.4 is 5.73 Å². The minimum Gasteiger partial charge on any atom is -0.394 e. The summed E-state index contributed by atoms with van der Waals surface area (Å²) in [7, 11) is 0. The third-order valence-corrected chi connectivity index (χ3v) is 3.39. The summed E-state index contributed by atoms with van der Waals surface area (Å²) in [5.74, 6) is 0. The van der Waals surface area contributed by atoms with Crippen molar-refractivity contribution in [3.8, 4) is 0 Å². The van der Waals surface area contributed by atoms with Gasteiger partial charge >= 0.3 is 0 Å². The maximum absolute atomic E-state index is 9.05. The van der Waals surface area contributed by atoms with E-state index >= 15 is 0 Å². The highest BCUT2D eigenvalue weighted by Gasteiger charge is 2.32. The average molecular weight is 200 g/mol. The minimum absolute atomic E-state index is 0.0707. The maximum atomic E-state index is 9.05. The van der Waals surface area contributed by atoms with E-state index in [0.29, 0.717) is 5.54 Å². The van der Waals surface area contributed by atoms with Gasteiger partial charge in [-0.2, -0.15) is 0 Å². The fraction of sp³-hybridized carbons (Fsp3) is 1.00. The summed E-state index contributed by atoms with van der Waals surface area (Å²) in [6.07, 6.45) is 3.42. The number of nitrogens with two attached hydrogens (primary N) is 1. The molecule has 0 aromatic carbocycles. The molecule has 1 unspecified atom stereocenters. The molecule has 0 saturated carbocycles. The molecule has 84 valence electrons. The first kappa shape index (κ1) is 12.0. The second kappa shape index (κ2) is 4.17. The van der Waals surface area contributed by atoms with E-state index in [2.05, 4.69) is 18.7 Å². The zero-order valence-corrected chi connectivity index (χ0v) is 9.71. The van der Waals surface area contributed by atoms with E-state index in [1.54, 1.807) is 0 Å². The van der Waals surface area contributed by atoms with Crippen molar-refractivity contribution in [3.05, 3.63) is 0 Å². The third-order valence-electron chi connectivity index (χ3n) is 3.39. The van der Waals surface area contributed by atoms with Gasteiger partial charge in [-0.3, -0.25) is 4.90 Å². The van der Waals surface area contributed by atoms with Gasteiger partial charge in [-0.25, -0.2) is 0 Å². The zero-order valence-electron chi connectivity index (χ0n) is 9.71. The number of aliphatic hydroxyl groups excluding tert-OH is 1. The SMILES string of the molecule is CC(N)(CO)CCN1CCCC1(C)C.